The maximum Gasteiger partial charge on any atom is 0.124 e. The van der Waals surface area contributed by atoms with Crippen LogP contribution in [0.5, 0.6) is 5.75 Å². The highest BCUT2D eigenvalue weighted by atomic mass is 79.9. The van der Waals surface area contributed by atoms with E-state index < -0.39 is 0 Å². The van der Waals surface area contributed by atoms with Crippen LogP contribution in [0.2, 0.25) is 0 Å². The Labute approximate surface area is 113 Å². The van der Waals surface area contributed by atoms with Gasteiger partial charge in [-0.1, -0.05) is 0 Å². The maximum absolute atomic E-state index is 13.4. The standard InChI is InChI=1S/C12H13BrFN3O/c1-18-12-3-2-9(14)4-10(12)11(5-15)17-7-8(13)6-16-17/h2-4,6-7,11H,5,15H2,1H3. The summed E-state index contributed by atoms with van der Waals surface area (Å²) in [7, 11) is 1.54. The van der Waals surface area contributed by atoms with Crippen LogP contribution in [-0.4, -0.2) is 23.4 Å². The molecular formula is C12H13BrFN3O. The van der Waals surface area contributed by atoms with Crippen molar-refractivity contribution in [1.82, 2.24) is 9.78 Å². The molecule has 96 valence electrons. The zero-order valence-corrected chi connectivity index (χ0v) is 11.4. The van der Waals surface area contributed by atoms with Gasteiger partial charge in [-0.05, 0) is 34.1 Å². The van der Waals surface area contributed by atoms with Crippen LogP contribution in [0.3, 0.4) is 0 Å². The number of methoxy groups -OCH3 is 1. The molecule has 2 rings (SSSR count). The van der Waals surface area contributed by atoms with Crippen molar-refractivity contribution in [3.63, 3.8) is 0 Å². The first-order valence-electron chi connectivity index (χ1n) is 5.39. The summed E-state index contributed by atoms with van der Waals surface area (Å²) in [4.78, 5) is 0. The van der Waals surface area contributed by atoms with Gasteiger partial charge in [0.2, 0.25) is 0 Å². The number of aromatic nitrogens is 2. The fourth-order valence-corrected chi connectivity index (χ4v) is 2.13. The van der Waals surface area contributed by atoms with Crippen LogP contribution in [0.25, 0.3) is 0 Å². The van der Waals surface area contributed by atoms with Crippen molar-refractivity contribution in [2.45, 2.75) is 6.04 Å². The molecule has 0 spiro atoms. The number of benzene rings is 1. The third-order valence-corrected chi connectivity index (χ3v) is 3.07. The molecule has 1 heterocycles. The van der Waals surface area contributed by atoms with E-state index in [1.54, 1.807) is 30.3 Å². The van der Waals surface area contributed by atoms with Crippen molar-refractivity contribution in [1.29, 1.82) is 0 Å². The maximum atomic E-state index is 13.4. The number of nitrogens with two attached hydrogens (primary N) is 1. The molecule has 2 N–H and O–H groups in total. The molecule has 0 fully saturated rings. The largest absolute Gasteiger partial charge is 0.496 e. The molecule has 6 heteroatoms. The first kappa shape index (κ1) is 13.0. The second-order valence-electron chi connectivity index (χ2n) is 3.78. The van der Waals surface area contributed by atoms with Crippen LogP contribution in [-0.2, 0) is 0 Å². The van der Waals surface area contributed by atoms with E-state index in [1.807, 2.05) is 0 Å². The van der Waals surface area contributed by atoms with Gasteiger partial charge in [-0.15, -0.1) is 0 Å². The molecule has 0 saturated carbocycles. The smallest absolute Gasteiger partial charge is 0.124 e. The zero-order valence-electron chi connectivity index (χ0n) is 9.81. The van der Waals surface area contributed by atoms with Gasteiger partial charge in [-0.25, -0.2) is 4.39 Å². The van der Waals surface area contributed by atoms with Gasteiger partial charge in [0, 0.05) is 18.3 Å². The molecular weight excluding hydrogens is 301 g/mol. The minimum absolute atomic E-state index is 0.262. The molecule has 4 nitrogen and oxygen atoms in total. The minimum Gasteiger partial charge on any atom is -0.496 e. The van der Waals surface area contributed by atoms with E-state index in [0.717, 1.165) is 4.47 Å². The SMILES string of the molecule is COc1ccc(F)cc1C(CN)n1cc(Br)cn1. The van der Waals surface area contributed by atoms with Crippen LogP contribution in [0, 0.1) is 5.82 Å². The summed E-state index contributed by atoms with van der Waals surface area (Å²) in [5.74, 6) is 0.272. The highest BCUT2D eigenvalue weighted by molar-refractivity contribution is 9.10. The first-order valence-corrected chi connectivity index (χ1v) is 6.18. The number of ether oxygens (including phenoxy) is 1. The molecule has 18 heavy (non-hydrogen) atoms. The van der Waals surface area contributed by atoms with E-state index in [4.69, 9.17) is 10.5 Å². The van der Waals surface area contributed by atoms with Gasteiger partial charge in [0.15, 0.2) is 0 Å². The summed E-state index contributed by atoms with van der Waals surface area (Å²) in [6.45, 7) is 0.300. The van der Waals surface area contributed by atoms with Gasteiger partial charge in [0.1, 0.15) is 11.6 Å². The van der Waals surface area contributed by atoms with E-state index in [9.17, 15) is 4.39 Å². The van der Waals surface area contributed by atoms with Crippen LogP contribution >= 0.6 is 15.9 Å². The lowest BCUT2D eigenvalue weighted by atomic mass is 10.1. The Bertz CT molecular complexity index is 544. The first-order chi connectivity index (χ1) is 8.65. The van der Waals surface area contributed by atoms with E-state index >= 15 is 0 Å². The van der Waals surface area contributed by atoms with E-state index in [2.05, 4.69) is 21.0 Å². The van der Waals surface area contributed by atoms with Gasteiger partial charge in [0.05, 0.1) is 23.8 Å². The van der Waals surface area contributed by atoms with Crippen LogP contribution in [0.1, 0.15) is 11.6 Å². The summed E-state index contributed by atoms with van der Waals surface area (Å²) in [5, 5.41) is 4.18. The Kier molecular flexibility index (Phi) is 3.98. The van der Waals surface area contributed by atoms with Crippen molar-refractivity contribution in [3.05, 3.63) is 46.4 Å². The van der Waals surface area contributed by atoms with Gasteiger partial charge < -0.3 is 10.5 Å². The average Bonchev–Trinajstić information content (AvgIpc) is 2.77. The second kappa shape index (κ2) is 5.49. The molecule has 2 aromatic rings. The van der Waals surface area contributed by atoms with Crippen LogP contribution in [0.15, 0.2) is 35.1 Å². The third-order valence-electron chi connectivity index (χ3n) is 2.66. The predicted molar refractivity (Wildman–Crippen MR) is 70.1 cm³/mol. The molecule has 1 aromatic carbocycles. The molecule has 1 atom stereocenters. The highest BCUT2D eigenvalue weighted by Crippen LogP contribution is 2.28. The normalized spacial score (nSPS) is 12.4. The number of hydrogen-bond acceptors (Lipinski definition) is 3. The second-order valence-corrected chi connectivity index (χ2v) is 4.69. The monoisotopic (exact) mass is 313 g/mol. The van der Waals surface area contributed by atoms with Crippen molar-refractivity contribution >= 4 is 15.9 Å². The molecule has 0 bridgehead atoms. The fraction of sp³-hybridized carbons (Fsp3) is 0.250. The van der Waals surface area contributed by atoms with Crippen molar-refractivity contribution in [2.24, 2.45) is 5.73 Å². The predicted octanol–water partition coefficient (Wildman–Crippen LogP) is 2.34. The van der Waals surface area contributed by atoms with E-state index in [0.29, 0.717) is 17.9 Å². The Balaban J connectivity index is 2.47. The molecule has 1 unspecified atom stereocenters. The molecule has 0 amide bonds. The molecule has 0 aliphatic carbocycles. The van der Waals surface area contributed by atoms with E-state index in [1.165, 1.54) is 12.1 Å². The van der Waals surface area contributed by atoms with Gasteiger partial charge in [0.25, 0.3) is 0 Å². The van der Waals surface area contributed by atoms with Gasteiger partial charge >= 0.3 is 0 Å². The number of hydrogen-bond donors (Lipinski definition) is 1. The lowest BCUT2D eigenvalue weighted by molar-refractivity contribution is 0.396. The number of rotatable bonds is 4. The van der Waals surface area contributed by atoms with Crippen molar-refractivity contribution in [2.75, 3.05) is 13.7 Å². The topological polar surface area (TPSA) is 53.1 Å². The lowest BCUT2D eigenvalue weighted by Gasteiger charge is -2.18. The lowest BCUT2D eigenvalue weighted by Crippen LogP contribution is -2.21. The minimum atomic E-state index is -0.324. The summed E-state index contributed by atoms with van der Waals surface area (Å²) in [6.07, 6.45) is 3.45. The Morgan fingerprint density at radius 1 is 1.56 bits per heavy atom. The summed E-state index contributed by atoms with van der Waals surface area (Å²) in [6, 6.07) is 4.11. The number of nitrogens with zero attached hydrogens (tertiary/aromatic N) is 2. The Morgan fingerprint density at radius 3 is 2.89 bits per heavy atom. The van der Waals surface area contributed by atoms with Crippen molar-refractivity contribution < 1.29 is 9.13 Å². The van der Waals surface area contributed by atoms with Crippen LogP contribution < -0.4 is 10.5 Å². The average molecular weight is 314 g/mol. The van der Waals surface area contributed by atoms with E-state index in [-0.39, 0.29) is 11.9 Å². The third kappa shape index (κ3) is 2.54. The Morgan fingerprint density at radius 2 is 2.33 bits per heavy atom. The molecule has 0 saturated heterocycles. The highest BCUT2D eigenvalue weighted by Gasteiger charge is 2.18. The molecule has 0 radical (unpaired) electrons. The zero-order chi connectivity index (χ0) is 13.1. The van der Waals surface area contributed by atoms with Gasteiger partial charge in [-0.2, -0.15) is 5.10 Å². The van der Waals surface area contributed by atoms with Crippen molar-refractivity contribution in [3.8, 4) is 5.75 Å². The number of halogens is 2. The molecule has 0 aliphatic heterocycles. The van der Waals surface area contributed by atoms with Crippen LogP contribution in [0.4, 0.5) is 4.39 Å². The quantitative estimate of drug-likeness (QED) is 0.942. The fourth-order valence-electron chi connectivity index (χ4n) is 1.83. The summed E-state index contributed by atoms with van der Waals surface area (Å²) < 4.78 is 21.1. The molecule has 1 aromatic heterocycles. The summed E-state index contributed by atoms with van der Waals surface area (Å²) >= 11 is 3.32. The molecule has 0 aliphatic rings. The Hall–Kier alpha value is -1.40. The van der Waals surface area contributed by atoms with Gasteiger partial charge in [-0.3, -0.25) is 4.68 Å². The summed E-state index contributed by atoms with van der Waals surface area (Å²) in [5.41, 5.74) is 6.44.